The van der Waals surface area contributed by atoms with Gasteiger partial charge in [0, 0.05) is 6.42 Å². The van der Waals surface area contributed by atoms with Crippen LogP contribution in [-0.4, -0.2) is 38.4 Å². The molecule has 1 aliphatic heterocycles. The minimum atomic E-state index is 0.371. The van der Waals surface area contributed by atoms with Gasteiger partial charge in [0.1, 0.15) is 31.0 Å². The van der Waals surface area contributed by atoms with E-state index in [1.807, 2.05) is 6.08 Å². The van der Waals surface area contributed by atoms with E-state index < -0.39 is 0 Å². The molecule has 122 valence electrons. The van der Waals surface area contributed by atoms with Gasteiger partial charge in [0.05, 0.1) is 13.2 Å². The molecule has 1 heterocycles. The first-order chi connectivity index (χ1) is 10.6. The Bertz CT molecular complexity index is 476. The summed E-state index contributed by atoms with van der Waals surface area (Å²) in [7, 11) is 0. The molecule has 2 atom stereocenters. The summed E-state index contributed by atoms with van der Waals surface area (Å²) < 4.78 is 11.8. The Kier molecular flexibility index (Phi) is 6.47. The first-order valence-electron chi connectivity index (χ1n) is 8.40. The predicted molar refractivity (Wildman–Crippen MR) is 90.8 cm³/mol. The van der Waals surface area contributed by atoms with Crippen molar-refractivity contribution in [2.24, 2.45) is 0 Å². The third kappa shape index (κ3) is 5.15. The SMILES string of the molecule is C=CCc1cc(C)ccc1OCCC[NH+]1C[C@@H](C)O[C@H](C)C1. The summed E-state index contributed by atoms with van der Waals surface area (Å²) in [6.45, 7) is 14.4. The smallest absolute Gasteiger partial charge is 0.122 e. The Morgan fingerprint density at radius 2 is 2.05 bits per heavy atom. The van der Waals surface area contributed by atoms with Crippen LogP contribution in [0.15, 0.2) is 30.9 Å². The molecule has 1 aromatic carbocycles. The number of ether oxygens (including phenoxy) is 2. The van der Waals surface area contributed by atoms with Crippen LogP contribution in [0.1, 0.15) is 31.4 Å². The lowest BCUT2D eigenvalue weighted by atomic mass is 10.1. The van der Waals surface area contributed by atoms with Crippen molar-refractivity contribution < 1.29 is 14.4 Å². The molecule has 0 saturated carbocycles. The van der Waals surface area contributed by atoms with Crippen LogP contribution >= 0.6 is 0 Å². The van der Waals surface area contributed by atoms with E-state index in [2.05, 4.69) is 45.5 Å². The summed E-state index contributed by atoms with van der Waals surface area (Å²) in [4.78, 5) is 1.63. The fourth-order valence-electron chi connectivity index (χ4n) is 3.26. The lowest BCUT2D eigenvalue weighted by Gasteiger charge is -2.32. The van der Waals surface area contributed by atoms with Gasteiger partial charge in [0.2, 0.25) is 0 Å². The number of morpholine rings is 1. The van der Waals surface area contributed by atoms with E-state index in [1.165, 1.54) is 11.1 Å². The highest BCUT2D eigenvalue weighted by Crippen LogP contribution is 2.21. The van der Waals surface area contributed by atoms with Crippen LogP contribution in [0.4, 0.5) is 0 Å². The van der Waals surface area contributed by atoms with E-state index in [4.69, 9.17) is 9.47 Å². The van der Waals surface area contributed by atoms with E-state index in [-0.39, 0.29) is 0 Å². The Hall–Kier alpha value is -1.32. The number of rotatable bonds is 7. The van der Waals surface area contributed by atoms with E-state index >= 15 is 0 Å². The van der Waals surface area contributed by atoms with Crippen LogP contribution < -0.4 is 9.64 Å². The Balaban J connectivity index is 1.78. The Labute approximate surface area is 134 Å². The van der Waals surface area contributed by atoms with E-state index in [9.17, 15) is 0 Å². The first kappa shape index (κ1) is 17.0. The molecule has 3 heteroatoms. The highest BCUT2D eigenvalue weighted by Gasteiger charge is 2.24. The second-order valence-electron chi connectivity index (χ2n) is 6.47. The molecule has 0 radical (unpaired) electrons. The van der Waals surface area contributed by atoms with Gasteiger partial charge in [-0.3, -0.25) is 0 Å². The maximum absolute atomic E-state index is 6.00. The molecule has 1 aromatic rings. The zero-order valence-corrected chi connectivity index (χ0v) is 14.2. The number of aryl methyl sites for hydroxylation is 1. The maximum Gasteiger partial charge on any atom is 0.122 e. The van der Waals surface area contributed by atoms with E-state index in [0.29, 0.717) is 12.2 Å². The van der Waals surface area contributed by atoms with E-state index in [0.717, 1.165) is 44.8 Å². The minimum absolute atomic E-state index is 0.371. The van der Waals surface area contributed by atoms with Gasteiger partial charge >= 0.3 is 0 Å². The number of hydrogen-bond donors (Lipinski definition) is 1. The van der Waals surface area contributed by atoms with Gasteiger partial charge in [-0.15, -0.1) is 6.58 Å². The second-order valence-corrected chi connectivity index (χ2v) is 6.47. The minimum Gasteiger partial charge on any atom is -0.493 e. The van der Waals surface area contributed by atoms with Gasteiger partial charge in [0.25, 0.3) is 0 Å². The number of nitrogens with one attached hydrogen (secondary N) is 1. The van der Waals surface area contributed by atoms with Crippen molar-refractivity contribution in [3.63, 3.8) is 0 Å². The topological polar surface area (TPSA) is 22.9 Å². The molecule has 0 amide bonds. The van der Waals surface area contributed by atoms with Gasteiger partial charge in [-0.2, -0.15) is 0 Å². The largest absolute Gasteiger partial charge is 0.493 e. The molecule has 0 aromatic heterocycles. The normalized spacial score (nSPS) is 25.0. The quantitative estimate of drug-likeness (QED) is 0.616. The zero-order chi connectivity index (χ0) is 15.9. The highest BCUT2D eigenvalue weighted by atomic mass is 16.5. The van der Waals surface area contributed by atoms with Crippen molar-refractivity contribution >= 4 is 0 Å². The summed E-state index contributed by atoms with van der Waals surface area (Å²) >= 11 is 0. The first-order valence-corrected chi connectivity index (χ1v) is 8.40. The monoisotopic (exact) mass is 304 g/mol. The standard InChI is InChI=1S/C19H29NO2/c1-5-7-18-12-15(2)8-9-19(18)21-11-6-10-20-13-16(3)22-17(4)14-20/h5,8-9,12,16-17H,1,6-7,10-11,13-14H2,2-4H3/p+1/t16-,17-/m1/s1. The van der Waals surface area contributed by atoms with Crippen LogP contribution in [0.25, 0.3) is 0 Å². The van der Waals surface area contributed by atoms with Gasteiger partial charge < -0.3 is 14.4 Å². The molecule has 0 bridgehead atoms. The molecule has 1 aliphatic rings. The van der Waals surface area contributed by atoms with Crippen molar-refractivity contribution in [1.82, 2.24) is 0 Å². The molecule has 1 fully saturated rings. The average molecular weight is 304 g/mol. The van der Waals surface area contributed by atoms with Crippen LogP contribution in [0.2, 0.25) is 0 Å². The zero-order valence-electron chi connectivity index (χ0n) is 14.2. The highest BCUT2D eigenvalue weighted by molar-refractivity contribution is 5.38. The van der Waals surface area contributed by atoms with Gasteiger partial charge in [-0.1, -0.05) is 23.8 Å². The van der Waals surface area contributed by atoms with Crippen molar-refractivity contribution in [3.8, 4) is 5.75 Å². The number of allylic oxidation sites excluding steroid dienone is 1. The summed E-state index contributed by atoms with van der Waals surface area (Å²) in [5.74, 6) is 1.00. The van der Waals surface area contributed by atoms with Gasteiger partial charge in [-0.25, -0.2) is 0 Å². The van der Waals surface area contributed by atoms with Gasteiger partial charge in [0.15, 0.2) is 0 Å². The van der Waals surface area contributed by atoms with Gasteiger partial charge in [-0.05, 0) is 38.8 Å². The fourth-order valence-corrected chi connectivity index (χ4v) is 3.26. The Morgan fingerprint density at radius 1 is 1.32 bits per heavy atom. The van der Waals surface area contributed by atoms with Crippen LogP contribution in [0.5, 0.6) is 5.75 Å². The molecule has 0 unspecified atom stereocenters. The third-order valence-corrected chi connectivity index (χ3v) is 4.13. The summed E-state index contributed by atoms with van der Waals surface area (Å²) in [6, 6.07) is 6.38. The molecule has 1 saturated heterocycles. The van der Waals surface area contributed by atoms with E-state index in [1.54, 1.807) is 4.90 Å². The van der Waals surface area contributed by atoms with Crippen molar-refractivity contribution in [1.29, 1.82) is 0 Å². The number of benzene rings is 1. The van der Waals surface area contributed by atoms with Crippen molar-refractivity contribution in [2.75, 3.05) is 26.2 Å². The lowest BCUT2D eigenvalue weighted by molar-refractivity contribution is -0.915. The van der Waals surface area contributed by atoms with Crippen molar-refractivity contribution in [3.05, 3.63) is 42.0 Å². The maximum atomic E-state index is 6.00. The molecular weight excluding hydrogens is 274 g/mol. The third-order valence-electron chi connectivity index (χ3n) is 4.13. The predicted octanol–water partition coefficient (Wildman–Crippen LogP) is 2.18. The van der Waals surface area contributed by atoms with Crippen molar-refractivity contribution in [2.45, 2.75) is 45.8 Å². The second kappa shape index (κ2) is 8.35. The van der Waals surface area contributed by atoms with Crippen LogP contribution in [-0.2, 0) is 11.2 Å². The molecule has 0 spiro atoms. The summed E-state index contributed by atoms with van der Waals surface area (Å²) in [6.07, 6.45) is 4.62. The summed E-state index contributed by atoms with van der Waals surface area (Å²) in [5.41, 5.74) is 2.50. The number of quaternary nitrogens is 1. The molecule has 3 nitrogen and oxygen atoms in total. The van der Waals surface area contributed by atoms with Crippen LogP contribution in [0.3, 0.4) is 0 Å². The molecular formula is C19H30NO2+. The lowest BCUT2D eigenvalue weighted by Crippen LogP contribution is -3.15. The molecule has 2 rings (SSSR count). The molecule has 0 aliphatic carbocycles. The average Bonchev–Trinajstić information content (AvgIpc) is 2.45. The van der Waals surface area contributed by atoms with Crippen LogP contribution in [0, 0.1) is 6.92 Å². The number of hydrogen-bond acceptors (Lipinski definition) is 2. The fraction of sp³-hybridized carbons (Fsp3) is 0.579. The molecule has 1 N–H and O–H groups in total. The Morgan fingerprint density at radius 3 is 2.73 bits per heavy atom. The molecule has 22 heavy (non-hydrogen) atoms. The summed E-state index contributed by atoms with van der Waals surface area (Å²) in [5, 5.41) is 0.